The molecule has 0 amide bonds. The standard InChI is InChI=1S/C14H19N5O2/c1-18-9-6-15-13(18)11-2-3-12(17-16-11)19-7-4-14(21,10-20)5-8-19/h2-3,6,9,20-21H,4-5,7-8,10H2,1H3. The Hall–Kier alpha value is -1.99. The van der Waals surface area contributed by atoms with E-state index in [1.807, 2.05) is 29.9 Å². The highest BCUT2D eigenvalue weighted by atomic mass is 16.3. The van der Waals surface area contributed by atoms with Gasteiger partial charge in [-0.3, -0.25) is 0 Å². The molecule has 21 heavy (non-hydrogen) atoms. The SMILES string of the molecule is Cn1ccnc1-c1ccc(N2CCC(O)(CO)CC2)nn1. The Morgan fingerprint density at radius 3 is 2.52 bits per heavy atom. The van der Waals surface area contributed by atoms with Crippen molar-refractivity contribution in [3.05, 3.63) is 24.5 Å². The average Bonchev–Trinajstić information content (AvgIpc) is 2.94. The lowest BCUT2D eigenvalue weighted by atomic mass is 9.92. The highest BCUT2D eigenvalue weighted by molar-refractivity contribution is 5.51. The highest BCUT2D eigenvalue weighted by Gasteiger charge is 2.32. The molecule has 0 unspecified atom stereocenters. The summed E-state index contributed by atoms with van der Waals surface area (Å²) in [6.45, 7) is 1.13. The van der Waals surface area contributed by atoms with Gasteiger partial charge in [0.15, 0.2) is 11.6 Å². The quantitative estimate of drug-likeness (QED) is 0.839. The summed E-state index contributed by atoms with van der Waals surface area (Å²) in [6, 6.07) is 3.82. The Morgan fingerprint density at radius 2 is 2.00 bits per heavy atom. The molecule has 2 aromatic heterocycles. The van der Waals surface area contributed by atoms with Gasteiger partial charge in [-0.25, -0.2) is 4.98 Å². The van der Waals surface area contributed by atoms with E-state index in [2.05, 4.69) is 20.1 Å². The highest BCUT2D eigenvalue weighted by Crippen LogP contribution is 2.25. The van der Waals surface area contributed by atoms with E-state index in [-0.39, 0.29) is 6.61 Å². The molecule has 0 atom stereocenters. The summed E-state index contributed by atoms with van der Waals surface area (Å²) in [5.41, 5.74) is -0.216. The van der Waals surface area contributed by atoms with Crippen LogP contribution in [-0.2, 0) is 7.05 Å². The zero-order valence-electron chi connectivity index (χ0n) is 12.0. The number of piperidine rings is 1. The maximum absolute atomic E-state index is 10.0. The van der Waals surface area contributed by atoms with Crippen LogP contribution in [0.1, 0.15) is 12.8 Å². The minimum absolute atomic E-state index is 0.190. The topological polar surface area (TPSA) is 87.3 Å². The van der Waals surface area contributed by atoms with Crippen molar-refractivity contribution in [1.82, 2.24) is 19.7 Å². The molecule has 7 nitrogen and oxygen atoms in total. The number of aryl methyl sites for hydroxylation is 1. The zero-order valence-corrected chi connectivity index (χ0v) is 12.0. The van der Waals surface area contributed by atoms with E-state index in [1.165, 1.54) is 0 Å². The molecule has 112 valence electrons. The lowest BCUT2D eigenvalue weighted by Gasteiger charge is -2.37. The molecule has 1 saturated heterocycles. The minimum atomic E-state index is -0.948. The average molecular weight is 289 g/mol. The van der Waals surface area contributed by atoms with Gasteiger partial charge in [-0.1, -0.05) is 0 Å². The van der Waals surface area contributed by atoms with Crippen molar-refractivity contribution in [3.63, 3.8) is 0 Å². The summed E-state index contributed by atoms with van der Waals surface area (Å²) >= 11 is 0. The molecule has 1 aliphatic rings. The van der Waals surface area contributed by atoms with E-state index >= 15 is 0 Å². The van der Waals surface area contributed by atoms with Gasteiger partial charge < -0.3 is 19.7 Å². The number of aliphatic hydroxyl groups excluding tert-OH is 1. The molecular weight excluding hydrogens is 270 g/mol. The Labute approximate surface area is 122 Å². The van der Waals surface area contributed by atoms with Crippen LogP contribution in [-0.4, -0.2) is 55.3 Å². The second-order valence-electron chi connectivity index (χ2n) is 5.51. The molecule has 0 spiro atoms. The molecule has 3 heterocycles. The lowest BCUT2D eigenvalue weighted by Crippen LogP contribution is -2.46. The molecule has 3 rings (SSSR count). The Balaban J connectivity index is 1.72. The van der Waals surface area contributed by atoms with E-state index in [0.29, 0.717) is 25.9 Å². The smallest absolute Gasteiger partial charge is 0.160 e. The van der Waals surface area contributed by atoms with Crippen LogP contribution in [0.3, 0.4) is 0 Å². The Morgan fingerprint density at radius 1 is 1.24 bits per heavy atom. The van der Waals surface area contributed by atoms with Gasteiger partial charge in [-0.15, -0.1) is 10.2 Å². The largest absolute Gasteiger partial charge is 0.393 e. The van der Waals surface area contributed by atoms with Crippen molar-refractivity contribution in [2.75, 3.05) is 24.6 Å². The molecule has 2 N–H and O–H groups in total. The van der Waals surface area contributed by atoms with Crippen molar-refractivity contribution < 1.29 is 10.2 Å². The van der Waals surface area contributed by atoms with Crippen molar-refractivity contribution in [2.45, 2.75) is 18.4 Å². The molecule has 2 aromatic rings. The summed E-state index contributed by atoms with van der Waals surface area (Å²) in [5.74, 6) is 1.57. The summed E-state index contributed by atoms with van der Waals surface area (Å²) in [4.78, 5) is 6.31. The summed E-state index contributed by atoms with van der Waals surface area (Å²) < 4.78 is 1.89. The minimum Gasteiger partial charge on any atom is -0.393 e. The van der Waals surface area contributed by atoms with E-state index in [0.717, 1.165) is 17.3 Å². The van der Waals surface area contributed by atoms with Crippen LogP contribution >= 0.6 is 0 Å². The van der Waals surface area contributed by atoms with Crippen LogP contribution in [0.2, 0.25) is 0 Å². The second-order valence-corrected chi connectivity index (χ2v) is 5.51. The number of aromatic nitrogens is 4. The molecule has 1 fully saturated rings. The molecule has 0 saturated carbocycles. The number of aliphatic hydroxyl groups is 2. The first kappa shape index (κ1) is 14.0. The van der Waals surface area contributed by atoms with Crippen LogP contribution in [0.4, 0.5) is 5.82 Å². The fourth-order valence-corrected chi connectivity index (χ4v) is 2.54. The lowest BCUT2D eigenvalue weighted by molar-refractivity contribution is -0.0326. The number of anilines is 1. The number of hydrogen-bond acceptors (Lipinski definition) is 6. The molecule has 0 aromatic carbocycles. The fourth-order valence-electron chi connectivity index (χ4n) is 2.54. The predicted molar refractivity (Wildman–Crippen MR) is 77.7 cm³/mol. The van der Waals surface area contributed by atoms with Crippen LogP contribution < -0.4 is 4.90 Å². The molecular formula is C14H19N5O2. The summed E-state index contributed by atoms with van der Waals surface area (Å²) in [6.07, 6.45) is 4.66. The van der Waals surface area contributed by atoms with Gasteiger partial charge in [-0.2, -0.15) is 0 Å². The van der Waals surface area contributed by atoms with Crippen molar-refractivity contribution in [1.29, 1.82) is 0 Å². The van der Waals surface area contributed by atoms with Crippen LogP contribution in [0, 0.1) is 0 Å². The second kappa shape index (κ2) is 5.42. The van der Waals surface area contributed by atoms with Crippen molar-refractivity contribution in [2.24, 2.45) is 7.05 Å². The number of hydrogen-bond donors (Lipinski definition) is 2. The first-order chi connectivity index (χ1) is 10.1. The third kappa shape index (κ3) is 2.74. The maximum Gasteiger partial charge on any atom is 0.160 e. The van der Waals surface area contributed by atoms with Gasteiger partial charge in [0.05, 0.1) is 12.2 Å². The molecule has 0 radical (unpaired) electrons. The van der Waals surface area contributed by atoms with Crippen LogP contribution in [0.5, 0.6) is 0 Å². The molecule has 7 heteroatoms. The van der Waals surface area contributed by atoms with Crippen molar-refractivity contribution in [3.8, 4) is 11.5 Å². The Bertz CT molecular complexity index is 602. The van der Waals surface area contributed by atoms with Gasteiger partial charge in [0.25, 0.3) is 0 Å². The molecule has 0 bridgehead atoms. The first-order valence-electron chi connectivity index (χ1n) is 7.01. The first-order valence-corrected chi connectivity index (χ1v) is 7.01. The van der Waals surface area contributed by atoms with Crippen molar-refractivity contribution >= 4 is 5.82 Å². The van der Waals surface area contributed by atoms with Gasteiger partial charge >= 0.3 is 0 Å². The van der Waals surface area contributed by atoms with E-state index < -0.39 is 5.60 Å². The zero-order chi connectivity index (χ0) is 14.9. The van der Waals surface area contributed by atoms with Gasteiger partial charge in [0.2, 0.25) is 0 Å². The van der Waals surface area contributed by atoms with Crippen LogP contribution in [0.25, 0.3) is 11.5 Å². The summed E-state index contributed by atoms with van der Waals surface area (Å²) in [5, 5.41) is 27.7. The molecule has 1 aliphatic heterocycles. The normalized spacial score (nSPS) is 18.0. The van der Waals surface area contributed by atoms with Gasteiger partial charge in [-0.05, 0) is 25.0 Å². The number of nitrogens with zero attached hydrogens (tertiary/aromatic N) is 5. The van der Waals surface area contributed by atoms with Gasteiger partial charge in [0, 0.05) is 32.5 Å². The van der Waals surface area contributed by atoms with Crippen LogP contribution in [0.15, 0.2) is 24.5 Å². The number of imidazole rings is 1. The van der Waals surface area contributed by atoms with E-state index in [1.54, 1.807) is 6.20 Å². The monoisotopic (exact) mass is 289 g/mol. The number of rotatable bonds is 3. The van der Waals surface area contributed by atoms with E-state index in [9.17, 15) is 5.11 Å². The fraction of sp³-hybridized carbons (Fsp3) is 0.500. The Kier molecular flexibility index (Phi) is 3.60. The van der Waals surface area contributed by atoms with E-state index in [4.69, 9.17) is 5.11 Å². The third-order valence-corrected chi connectivity index (χ3v) is 4.01. The van der Waals surface area contributed by atoms with Gasteiger partial charge in [0.1, 0.15) is 5.69 Å². The maximum atomic E-state index is 10.0. The third-order valence-electron chi connectivity index (χ3n) is 4.01. The predicted octanol–water partition coefficient (Wildman–Crippen LogP) is 0.201. The summed E-state index contributed by atoms with van der Waals surface area (Å²) in [7, 11) is 1.91. The molecule has 0 aliphatic carbocycles.